The normalized spacial score (nSPS) is 25.4. The number of rotatable bonds is 6. The van der Waals surface area contributed by atoms with Crippen molar-refractivity contribution in [3.05, 3.63) is 65.2 Å². The lowest BCUT2D eigenvalue weighted by Gasteiger charge is -2.18. The molecule has 10 heteroatoms. The van der Waals surface area contributed by atoms with E-state index in [1.165, 1.54) is 9.87 Å². The summed E-state index contributed by atoms with van der Waals surface area (Å²) in [5.74, 6) is 1.20. The van der Waals surface area contributed by atoms with Gasteiger partial charge in [0.25, 0.3) is 10.2 Å². The maximum Gasteiger partial charge on any atom is 0.503 e. The first-order valence-corrected chi connectivity index (χ1v) is 11.7. The third-order valence-corrected chi connectivity index (χ3v) is 7.21. The molecule has 1 heterocycles. The Morgan fingerprint density at radius 2 is 1.84 bits per heavy atom. The molecule has 0 bridgehead atoms. The van der Waals surface area contributed by atoms with E-state index in [0.717, 1.165) is 0 Å². The van der Waals surface area contributed by atoms with Crippen molar-refractivity contribution >= 4 is 28.0 Å². The van der Waals surface area contributed by atoms with Crippen LogP contribution in [0.25, 0.3) is 0 Å². The Morgan fingerprint density at radius 1 is 1.16 bits per heavy atom. The topological polar surface area (TPSA) is 116 Å². The van der Waals surface area contributed by atoms with E-state index in [9.17, 15) is 8.42 Å². The molecule has 3 N–H and O–H groups in total. The number of carboxylic acid groups (broad SMARTS) is 2. The molecule has 1 aliphatic carbocycles. The third kappa shape index (κ3) is 6.33. The smallest absolute Gasteiger partial charge is 0.489 e. The molecule has 4 atom stereocenters. The Morgan fingerprint density at radius 3 is 2.48 bits per heavy atom. The Hall–Kier alpha value is -2.33. The van der Waals surface area contributed by atoms with E-state index < -0.39 is 16.4 Å². The summed E-state index contributed by atoms with van der Waals surface area (Å²) in [7, 11) is -3.53. The zero-order valence-corrected chi connectivity index (χ0v) is 18.5. The summed E-state index contributed by atoms with van der Waals surface area (Å²) < 4.78 is 35.9. The van der Waals surface area contributed by atoms with Crippen LogP contribution in [0.4, 0.5) is 4.79 Å². The van der Waals surface area contributed by atoms with Crippen LogP contribution < -0.4 is 9.46 Å². The van der Waals surface area contributed by atoms with Crippen LogP contribution in [0, 0.1) is 5.92 Å². The van der Waals surface area contributed by atoms with Gasteiger partial charge in [0.2, 0.25) is 0 Å². The van der Waals surface area contributed by atoms with E-state index in [-0.39, 0.29) is 18.1 Å². The quantitative estimate of drug-likeness (QED) is 0.595. The van der Waals surface area contributed by atoms with Gasteiger partial charge in [-0.25, -0.2) is 4.79 Å². The van der Waals surface area contributed by atoms with Gasteiger partial charge in [-0.05, 0) is 36.1 Å². The highest BCUT2D eigenvalue weighted by molar-refractivity contribution is 7.87. The molecule has 168 valence electrons. The highest BCUT2D eigenvalue weighted by Gasteiger charge is 2.50. The summed E-state index contributed by atoms with van der Waals surface area (Å²) in [6.45, 7) is 2.89. The first-order valence-electron chi connectivity index (χ1n) is 9.84. The van der Waals surface area contributed by atoms with E-state index >= 15 is 0 Å². The van der Waals surface area contributed by atoms with Gasteiger partial charge in [0.05, 0.1) is 6.54 Å². The van der Waals surface area contributed by atoms with E-state index in [2.05, 4.69) is 23.8 Å². The van der Waals surface area contributed by atoms with Gasteiger partial charge in [0, 0.05) is 23.5 Å². The lowest BCUT2D eigenvalue weighted by atomic mass is 10.1. The van der Waals surface area contributed by atoms with Crippen LogP contribution in [0.2, 0.25) is 5.02 Å². The first kappa shape index (κ1) is 23.3. The minimum absolute atomic E-state index is 0.0506. The fourth-order valence-electron chi connectivity index (χ4n) is 3.82. The van der Waals surface area contributed by atoms with Crippen LogP contribution >= 0.6 is 11.6 Å². The highest BCUT2D eigenvalue weighted by Crippen LogP contribution is 2.47. The molecule has 8 nitrogen and oxygen atoms in total. The predicted octanol–water partition coefficient (Wildman–Crippen LogP) is 3.65. The summed E-state index contributed by atoms with van der Waals surface area (Å²) in [4.78, 5) is 8.56. The fraction of sp³-hybridized carbons (Fsp3) is 0.381. The zero-order valence-electron chi connectivity index (χ0n) is 16.9. The SMILES string of the molecule is C[C@H]1[C@H](NS(=O)(=O)N2CCC(Oc3cccc(Cl)c3)C2)[C@H]1c1ccccc1.O=C(O)O. The molecule has 2 aliphatic rings. The molecule has 2 aromatic rings. The second-order valence-corrected chi connectivity index (χ2v) is 9.71. The number of carbonyl (C=O) groups is 1. The van der Waals surface area contributed by atoms with Gasteiger partial charge < -0.3 is 14.9 Å². The molecular weight excluding hydrogens is 444 g/mol. The lowest BCUT2D eigenvalue weighted by molar-refractivity contribution is 0.137. The molecule has 31 heavy (non-hydrogen) atoms. The Kier molecular flexibility index (Phi) is 7.42. The van der Waals surface area contributed by atoms with Crippen LogP contribution in [-0.4, -0.2) is 54.3 Å². The largest absolute Gasteiger partial charge is 0.503 e. The minimum Gasteiger partial charge on any atom is -0.489 e. The summed E-state index contributed by atoms with van der Waals surface area (Å²) in [6, 6.07) is 17.2. The molecule has 0 aromatic heterocycles. The average Bonchev–Trinajstić information content (AvgIpc) is 3.09. The zero-order chi connectivity index (χ0) is 22.6. The monoisotopic (exact) mass is 468 g/mol. The second kappa shape index (κ2) is 9.86. The summed E-state index contributed by atoms with van der Waals surface area (Å²) >= 11 is 5.98. The van der Waals surface area contributed by atoms with Crippen LogP contribution in [0.15, 0.2) is 54.6 Å². The number of halogens is 1. The lowest BCUT2D eigenvalue weighted by Crippen LogP contribution is -2.41. The van der Waals surface area contributed by atoms with Crippen LogP contribution in [0.3, 0.4) is 0 Å². The number of hydrogen-bond acceptors (Lipinski definition) is 4. The standard InChI is InChI=1S/C20H23ClN2O3S.CH2O3/c1-14-19(15-6-3-2-4-7-15)20(14)22-27(24,25)23-11-10-18(13-23)26-17-9-5-8-16(21)12-17;2-1(3)4/h2-9,12,14,18-20,22H,10-11,13H2,1H3;(H2,2,3,4)/t14-,18?,19-,20+;/m1./s1. The molecular formula is C21H25ClN2O6S. The van der Waals surface area contributed by atoms with Crippen molar-refractivity contribution in [3.63, 3.8) is 0 Å². The highest BCUT2D eigenvalue weighted by atomic mass is 35.5. The van der Waals surface area contributed by atoms with Gasteiger partial charge >= 0.3 is 6.16 Å². The van der Waals surface area contributed by atoms with Gasteiger partial charge in [-0.15, -0.1) is 0 Å². The van der Waals surface area contributed by atoms with E-state index in [0.29, 0.717) is 36.2 Å². The van der Waals surface area contributed by atoms with Gasteiger partial charge in [0.15, 0.2) is 0 Å². The van der Waals surface area contributed by atoms with Crippen LogP contribution in [0.1, 0.15) is 24.8 Å². The number of nitrogens with one attached hydrogen (secondary N) is 1. The average molecular weight is 469 g/mol. The van der Waals surface area contributed by atoms with Crippen molar-refractivity contribution in [1.82, 2.24) is 9.03 Å². The van der Waals surface area contributed by atoms with Gasteiger partial charge in [-0.3, -0.25) is 0 Å². The van der Waals surface area contributed by atoms with Crippen LogP contribution in [0.5, 0.6) is 5.75 Å². The molecule has 0 spiro atoms. The van der Waals surface area contributed by atoms with Crippen molar-refractivity contribution in [1.29, 1.82) is 0 Å². The second-order valence-electron chi connectivity index (χ2n) is 7.57. The number of hydrogen-bond donors (Lipinski definition) is 3. The predicted molar refractivity (Wildman–Crippen MR) is 117 cm³/mol. The van der Waals surface area contributed by atoms with Gasteiger partial charge in [-0.1, -0.05) is 54.9 Å². The molecule has 1 unspecified atom stereocenters. The number of benzene rings is 2. The molecule has 4 rings (SSSR count). The van der Waals surface area contributed by atoms with E-state index in [1.54, 1.807) is 12.1 Å². The van der Waals surface area contributed by atoms with Crippen molar-refractivity contribution in [2.75, 3.05) is 13.1 Å². The summed E-state index contributed by atoms with van der Waals surface area (Å²) in [5, 5.41) is 14.5. The van der Waals surface area contributed by atoms with Crippen molar-refractivity contribution in [2.45, 2.75) is 31.4 Å². The van der Waals surface area contributed by atoms with Crippen LogP contribution in [-0.2, 0) is 10.2 Å². The van der Waals surface area contributed by atoms with E-state index in [1.807, 2.05) is 30.3 Å². The Labute approximate surface area is 186 Å². The number of nitrogens with zero attached hydrogens (tertiary/aromatic N) is 1. The van der Waals surface area contributed by atoms with E-state index in [4.69, 9.17) is 31.3 Å². The fourth-order valence-corrected chi connectivity index (χ4v) is 5.56. The maximum absolute atomic E-state index is 12.8. The number of ether oxygens (including phenoxy) is 1. The van der Waals surface area contributed by atoms with Crippen molar-refractivity contribution in [2.24, 2.45) is 5.92 Å². The molecule has 1 saturated heterocycles. The Balaban J connectivity index is 0.000000628. The molecule has 2 fully saturated rings. The molecule has 1 aliphatic heterocycles. The molecule has 1 saturated carbocycles. The first-order chi connectivity index (χ1) is 14.7. The summed E-state index contributed by atoms with van der Waals surface area (Å²) in [5.41, 5.74) is 1.18. The maximum atomic E-state index is 12.8. The molecule has 2 aromatic carbocycles. The summed E-state index contributed by atoms with van der Waals surface area (Å²) in [6.07, 6.45) is -1.34. The van der Waals surface area contributed by atoms with Crippen molar-refractivity contribution in [3.8, 4) is 5.75 Å². The molecule has 0 amide bonds. The Bertz CT molecular complexity index is 1000. The minimum atomic E-state index is -3.53. The third-order valence-electron chi connectivity index (χ3n) is 5.39. The van der Waals surface area contributed by atoms with Crippen molar-refractivity contribution < 1.29 is 28.2 Å². The van der Waals surface area contributed by atoms with Gasteiger partial charge in [0.1, 0.15) is 11.9 Å². The van der Waals surface area contributed by atoms with Gasteiger partial charge in [-0.2, -0.15) is 17.4 Å². The molecule has 0 radical (unpaired) electrons.